The molecule has 3 aromatic carbocycles. The number of anilines is 1. The molecule has 0 unspecified atom stereocenters. The highest BCUT2D eigenvalue weighted by Crippen LogP contribution is 2.55. The van der Waals surface area contributed by atoms with Gasteiger partial charge in [-0.25, -0.2) is 0 Å². The number of rotatable bonds is 3. The first-order valence-electron chi connectivity index (χ1n) is 10.4. The van der Waals surface area contributed by atoms with E-state index in [9.17, 15) is 20.4 Å². The van der Waals surface area contributed by atoms with E-state index >= 15 is 0 Å². The van der Waals surface area contributed by atoms with Gasteiger partial charge in [-0.2, -0.15) is 10.5 Å². The van der Waals surface area contributed by atoms with Crippen LogP contribution < -0.4 is 4.90 Å². The molecule has 0 amide bonds. The van der Waals surface area contributed by atoms with E-state index in [0.29, 0.717) is 11.1 Å². The van der Waals surface area contributed by atoms with Crippen molar-refractivity contribution in [1.29, 1.82) is 10.5 Å². The van der Waals surface area contributed by atoms with Gasteiger partial charge in [-0.3, -0.25) is 4.79 Å². The van der Waals surface area contributed by atoms with Crippen molar-refractivity contribution in [3.05, 3.63) is 102 Å². The Kier molecular flexibility index (Phi) is 4.54. The number of carbonyl (C=O) groups excluding carboxylic acids is 1. The predicted molar refractivity (Wildman–Crippen MR) is 121 cm³/mol. The van der Waals surface area contributed by atoms with Gasteiger partial charge in [0.1, 0.15) is 11.8 Å². The van der Waals surface area contributed by atoms with E-state index in [0.717, 1.165) is 11.3 Å². The van der Waals surface area contributed by atoms with Crippen LogP contribution in [0.1, 0.15) is 27.4 Å². The van der Waals surface area contributed by atoms with Crippen LogP contribution in [0.25, 0.3) is 6.08 Å². The minimum atomic E-state index is -1.49. The van der Waals surface area contributed by atoms with Gasteiger partial charge in [0.05, 0.1) is 18.2 Å². The lowest BCUT2D eigenvalue weighted by molar-refractivity contribution is 0.0951. The molecule has 5 heteroatoms. The minimum Gasteiger partial charge on any atom is -0.508 e. The number of ketones is 1. The van der Waals surface area contributed by atoms with Gasteiger partial charge in [-0.05, 0) is 29.3 Å². The number of Topliss-reactive ketones (excluding diaryl/α,β-unsaturated/α-hetero) is 1. The molecule has 32 heavy (non-hydrogen) atoms. The maximum atomic E-state index is 13.9. The number of phenolic OH excluding ortho intramolecular Hbond substituents is 1. The first-order valence-corrected chi connectivity index (χ1v) is 10.4. The highest BCUT2D eigenvalue weighted by molar-refractivity contribution is 6.04. The number of carbonyl (C=O) groups is 1. The van der Waals surface area contributed by atoms with E-state index in [-0.39, 0.29) is 11.5 Å². The Bertz CT molecular complexity index is 1290. The van der Waals surface area contributed by atoms with Crippen LogP contribution in [0.3, 0.4) is 0 Å². The summed E-state index contributed by atoms with van der Waals surface area (Å²) < 4.78 is 0. The Morgan fingerprint density at radius 3 is 2.25 bits per heavy atom. The van der Waals surface area contributed by atoms with Gasteiger partial charge in [0.2, 0.25) is 0 Å². The highest BCUT2D eigenvalue weighted by Gasteiger charge is 2.63. The highest BCUT2D eigenvalue weighted by atomic mass is 16.3. The molecule has 2 aliphatic heterocycles. The Labute approximate surface area is 186 Å². The standard InChI is InChI=1S/C27H19N3O2/c28-16-27(17-29)23-15-12-18-6-4-5-9-22(18)30(23)25(26(32)20-7-2-1-3-8-20)24(27)19-10-13-21(31)14-11-19/h1-15,23-25,31H/t23-,24+,25-/m1/s1. The fourth-order valence-electron chi connectivity index (χ4n) is 5.06. The molecule has 0 radical (unpaired) electrons. The average Bonchev–Trinajstić information content (AvgIpc) is 3.15. The minimum absolute atomic E-state index is 0.0835. The van der Waals surface area contributed by atoms with Crippen LogP contribution >= 0.6 is 0 Å². The van der Waals surface area contributed by atoms with Crippen LogP contribution in [0.4, 0.5) is 5.69 Å². The van der Waals surface area contributed by atoms with Crippen molar-refractivity contribution in [1.82, 2.24) is 0 Å². The van der Waals surface area contributed by atoms with Gasteiger partial charge in [0.15, 0.2) is 11.2 Å². The number of nitriles is 2. The summed E-state index contributed by atoms with van der Waals surface area (Å²) in [6.07, 6.45) is 3.78. The van der Waals surface area contributed by atoms with Crippen LogP contribution in [-0.4, -0.2) is 23.0 Å². The molecular weight excluding hydrogens is 398 g/mol. The van der Waals surface area contributed by atoms with Gasteiger partial charge in [-0.15, -0.1) is 0 Å². The average molecular weight is 417 g/mol. The molecule has 1 fully saturated rings. The third kappa shape index (κ3) is 2.72. The van der Waals surface area contributed by atoms with E-state index < -0.39 is 23.4 Å². The van der Waals surface area contributed by atoms with Crippen LogP contribution in [-0.2, 0) is 0 Å². The second-order valence-corrected chi connectivity index (χ2v) is 8.11. The number of fused-ring (bicyclic) bond motifs is 3. The number of nitrogens with zero attached hydrogens (tertiary/aromatic N) is 3. The van der Waals surface area contributed by atoms with Gasteiger partial charge in [0.25, 0.3) is 0 Å². The maximum absolute atomic E-state index is 13.9. The quantitative estimate of drug-likeness (QED) is 0.626. The number of aromatic hydroxyl groups is 1. The summed E-state index contributed by atoms with van der Waals surface area (Å²) in [6.45, 7) is 0. The fraction of sp³-hybridized carbons (Fsp3) is 0.148. The van der Waals surface area contributed by atoms with Gasteiger partial charge >= 0.3 is 0 Å². The molecule has 0 spiro atoms. The molecule has 2 heterocycles. The molecule has 3 aromatic rings. The number of hydrogen-bond donors (Lipinski definition) is 1. The molecule has 5 nitrogen and oxygen atoms in total. The van der Waals surface area contributed by atoms with Crippen LogP contribution in [0.5, 0.6) is 5.75 Å². The molecule has 0 aliphatic carbocycles. The zero-order valence-electron chi connectivity index (χ0n) is 17.1. The fourth-order valence-corrected chi connectivity index (χ4v) is 5.06. The molecule has 0 bridgehead atoms. The van der Waals surface area contributed by atoms with E-state index in [1.807, 2.05) is 47.4 Å². The molecular formula is C27H19N3O2. The normalized spacial score (nSPS) is 22.3. The summed E-state index contributed by atoms with van der Waals surface area (Å²) in [4.78, 5) is 15.9. The molecule has 1 N–H and O–H groups in total. The monoisotopic (exact) mass is 417 g/mol. The van der Waals surface area contributed by atoms with E-state index in [4.69, 9.17) is 0 Å². The van der Waals surface area contributed by atoms with Crippen molar-refractivity contribution in [2.45, 2.75) is 18.0 Å². The zero-order chi connectivity index (χ0) is 22.3. The van der Waals surface area contributed by atoms with Crippen LogP contribution in [0, 0.1) is 28.1 Å². The summed E-state index contributed by atoms with van der Waals surface area (Å²) in [6, 6.07) is 26.3. The van der Waals surface area contributed by atoms with Gasteiger partial charge < -0.3 is 10.0 Å². The predicted octanol–water partition coefficient (Wildman–Crippen LogP) is 4.68. The second kappa shape index (κ2) is 7.41. The lowest BCUT2D eigenvalue weighted by atomic mass is 9.69. The Balaban J connectivity index is 1.79. The number of phenols is 1. The van der Waals surface area contributed by atoms with Crippen molar-refractivity contribution in [2.24, 2.45) is 5.41 Å². The molecule has 3 atom stereocenters. The first-order chi connectivity index (χ1) is 15.6. The molecule has 154 valence electrons. The van der Waals surface area contributed by atoms with Gasteiger partial charge in [-0.1, -0.05) is 72.8 Å². The van der Waals surface area contributed by atoms with Crippen molar-refractivity contribution < 1.29 is 9.90 Å². The van der Waals surface area contributed by atoms with E-state index in [1.54, 1.807) is 36.4 Å². The van der Waals surface area contributed by atoms with Crippen LogP contribution in [0.15, 0.2) is 84.9 Å². The summed E-state index contributed by atoms with van der Waals surface area (Å²) in [7, 11) is 0. The summed E-state index contributed by atoms with van der Waals surface area (Å²) in [5.41, 5.74) is 1.46. The third-order valence-corrected chi connectivity index (χ3v) is 6.49. The zero-order valence-corrected chi connectivity index (χ0v) is 17.1. The molecule has 5 rings (SSSR count). The van der Waals surface area contributed by atoms with Crippen molar-refractivity contribution >= 4 is 17.5 Å². The molecule has 2 aliphatic rings. The third-order valence-electron chi connectivity index (χ3n) is 6.49. The maximum Gasteiger partial charge on any atom is 0.185 e. The second-order valence-electron chi connectivity index (χ2n) is 8.11. The van der Waals surface area contributed by atoms with Crippen LogP contribution in [0.2, 0.25) is 0 Å². The summed E-state index contributed by atoms with van der Waals surface area (Å²) in [5, 5.41) is 30.5. The molecule has 0 aromatic heterocycles. The lowest BCUT2D eigenvalue weighted by Crippen LogP contribution is -2.44. The van der Waals surface area contributed by atoms with Gasteiger partial charge in [0, 0.05) is 17.2 Å². The van der Waals surface area contributed by atoms with Crippen molar-refractivity contribution in [3.63, 3.8) is 0 Å². The number of hydrogen-bond acceptors (Lipinski definition) is 5. The Morgan fingerprint density at radius 1 is 0.906 bits per heavy atom. The molecule has 0 saturated carbocycles. The summed E-state index contributed by atoms with van der Waals surface area (Å²) in [5.74, 6) is -0.780. The van der Waals surface area contributed by atoms with Crippen molar-refractivity contribution in [3.8, 4) is 17.9 Å². The largest absolute Gasteiger partial charge is 0.508 e. The first kappa shape index (κ1) is 19.6. The Hall–Kier alpha value is -4.35. The SMILES string of the molecule is N#CC1(C#N)[C@@H](c2ccc(O)cc2)[C@H](C(=O)c2ccccc2)N2c3ccccc3C=C[C@@H]21. The molecule has 1 saturated heterocycles. The van der Waals surface area contributed by atoms with Crippen molar-refractivity contribution in [2.75, 3.05) is 4.90 Å². The number of benzene rings is 3. The summed E-state index contributed by atoms with van der Waals surface area (Å²) >= 11 is 0. The van der Waals surface area contributed by atoms with E-state index in [2.05, 4.69) is 12.1 Å². The van der Waals surface area contributed by atoms with E-state index in [1.165, 1.54) is 12.1 Å². The number of para-hydroxylation sites is 1. The topological polar surface area (TPSA) is 88.1 Å². The lowest BCUT2D eigenvalue weighted by Gasteiger charge is -2.35. The smallest absolute Gasteiger partial charge is 0.185 e. The Morgan fingerprint density at radius 2 is 1.56 bits per heavy atom.